The summed E-state index contributed by atoms with van der Waals surface area (Å²) in [5.41, 5.74) is 0.455. The average Bonchev–Trinajstić information content (AvgIpc) is 3.01. The number of hydrogen-bond acceptors (Lipinski definition) is 5. The van der Waals surface area contributed by atoms with Crippen LogP contribution in [0.25, 0.3) is 0 Å². The first-order valence-corrected chi connectivity index (χ1v) is 8.65. The smallest absolute Gasteiger partial charge is 0.348 e. The Balaban J connectivity index is 1.80. The molecule has 132 valence electrons. The molecule has 1 heterocycles. The van der Waals surface area contributed by atoms with Crippen molar-refractivity contribution < 1.29 is 19.1 Å². The van der Waals surface area contributed by atoms with Gasteiger partial charge in [0, 0.05) is 7.05 Å². The highest BCUT2D eigenvalue weighted by molar-refractivity contribution is 7.17. The number of carbonyl (C=O) groups is 3. The summed E-state index contributed by atoms with van der Waals surface area (Å²) in [6.45, 7) is -0.670. The molecule has 2 amide bonds. The fourth-order valence-electron chi connectivity index (χ4n) is 1.79. The quantitative estimate of drug-likeness (QED) is 0.754. The molecular formula is C16H14Cl2N2O4S. The third-order valence-corrected chi connectivity index (χ3v) is 4.60. The Morgan fingerprint density at radius 2 is 1.88 bits per heavy atom. The molecule has 0 aliphatic carbocycles. The van der Waals surface area contributed by atoms with Gasteiger partial charge in [0.1, 0.15) is 4.88 Å². The van der Waals surface area contributed by atoms with E-state index in [1.165, 1.54) is 13.1 Å². The van der Waals surface area contributed by atoms with Gasteiger partial charge in [-0.1, -0.05) is 35.3 Å². The van der Waals surface area contributed by atoms with Crippen molar-refractivity contribution in [2.45, 2.75) is 0 Å². The minimum absolute atomic E-state index is 0.202. The maximum absolute atomic E-state index is 12.0. The van der Waals surface area contributed by atoms with Crippen LogP contribution < -0.4 is 5.32 Å². The second-order valence-electron chi connectivity index (χ2n) is 4.96. The van der Waals surface area contributed by atoms with E-state index in [-0.39, 0.29) is 6.54 Å². The molecule has 0 spiro atoms. The van der Waals surface area contributed by atoms with Gasteiger partial charge in [-0.2, -0.15) is 0 Å². The number of thiophene rings is 1. The zero-order valence-electron chi connectivity index (χ0n) is 13.1. The molecule has 1 N–H and O–H groups in total. The van der Waals surface area contributed by atoms with Crippen molar-refractivity contribution in [3.05, 3.63) is 50.6 Å². The minimum Gasteiger partial charge on any atom is -0.451 e. The Morgan fingerprint density at radius 1 is 1.16 bits per heavy atom. The lowest BCUT2D eigenvalue weighted by Gasteiger charge is -2.17. The van der Waals surface area contributed by atoms with Crippen molar-refractivity contribution in [3.8, 4) is 0 Å². The lowest BCUT2D eigenvalue weighted by Crippen LogP contribution is -2.37. The molecule has 6 nitrogen and oxygen atoms in total. The topological polar surface area (TPSA) is 75.7 Å². The molecule has 0 radical (unpaired) electrons. The first kappa shape index (κ1) is 19.2. The first-order valence-electron chi connectivity index (χ1n) is 7.07. The van der Waals surface area contributed by atoms with E-state index in [1.54, 1.807) is 30.3 Å². The molecule has 1 aromatic heterocycles. The third kappa shape index (κ3) is 5.74. The Hall–Kier alpha value is -2.09. The highest BCUT2D eigenvalue weighted by Crippen LogP contribution is 2.22. The zero-order chi connectivity index (χ0) is 18.4. The largest absolute Gasteiger partial charge is 0.451 e. The van der Waals surface area contributed by atoms with Crippen LogP contribution in [0.15, 0.2) is 36.4 Å². The number of carbonyl (C=O) groups excluding carboxylic acids is 3. The van der Waals surface area contributed by atoms with Gasteiger partial charge in [-0.05, 0) is 24.3 Å². The fraction of sp³-hybridized carbons (Fsp3) is 0.188. The van der Waals surface area contributed by atoms with Gasteiger partial charge in [0.05, 0.1) is 21.6 Å². The number of para-hydroxylation sites is 1. The SMILES string of the molecule is CN(CC(=O)Nc1ccccc1Cl)C(=O)COC(=O)c1ccc(Cl)s1. The maximum Gasteiger partial charge on any atom is 0.348 e. The number of hydrogen-bond donors (Lipinski definition) is 1. The Morgan fingerprint density at radius 3 is 2.52 bits per heavy atom. The van der Waals surface area contributed by atoms with E-state index >= 15 is 0 Å². The van der Waals surface area contributed by atoms with E-state index in [1.807, 2.05) is 0 Å². The molecule has 0 aliphatic heterocycles. The predicted molar refractivity (Wildman–Crippen MR) is 97.3 cm³/mol. The lowest BCUT2D eigenvalue weighted by atomic mass is 10.3. The van der Waals surface area contributed by atoms with Crippen LogP contribution in [0.4, 0.5) is 5.69 Å². The van der Waals surface area contributed by atoms with Crippen LogP contribution in [-0.4, -0.2) is 42.9 Å². The highest BCUT2D eigenvalue weighted by Gasteiger charge is 2.17. The molecule has 0 unspecified atom stereocenters. The van der Waals surface area contributed by atoms with Gasteiger partial charge in [-0.25, -0.2) is 4.79 Å². The molecule has 2 aromatic rings. The van der Waals surface area contributed by atoms with Gasteiger partial charge < -0.3 is 15.0 Å². The van der Waals surface area contributed by atoms with Crippen LogP contribution in [0.1, 0.15) is 9.67 Å². The zero-order valence-corrected chi connectivity index (χ0v) is 15.5. The molecule has 0 fully saturated rings. The maximum atomic E-state index is 12.0. The van der Waals surface area contributed by atoms with Crippen molar-refractivity contribution in [2.24, 2.45) is 0 Å². The monoisotopic (exact) mass is 400 g/mol. The summed E-state index contributed by atoms with van der Waals surface area (Å²) in [6, 6.07) is 9.84. The van der Waals surface area contributed by atoms with Crippen LogP contribution in [0.5, 0.6) is 0 Å². The second-order valence-corrected chi connectivity index (χ2v) is 7.08. The summed E-state index contributed by atoms with van der Waals surface area (Å²) < 4.78 is 5.36. The molecule has 1 aromatic carbocycles. The van der Waals surface area contributed by atoms with Crippen molar-refractivity contribution in [1.29, 1.82) is 0 Å². The van der Waals surface area contributed by atoms with Crippen LogP contribution in [0, 0.1) is 0 Å². The number of anilines is 1. The van der Waals surface area contributed by atoms with E-state index in [9.17, 15) is 14.4 Å². The summed E-state index contributed by atoms with van der Waals surface area (Å²) in [5.74, 6) is -1.57. The number of nitrogens with one attached hydrogen (secondary N) is 1. The standard InChI is InChI=1S/C16H14Cl2N2O4S/c1-20(8-14(21)19-11-5-3-2-4-10(11)17)15(22)9-24-16(23)12-6-7-13(18)25-12/h2-7H,8-9H2,1H3,(H,19,21). The summed E-state index contributed by atoms with van der Waals surface area (Å²) in [5, 5.41) is 3.00. The Labute approximate surface area is 158 Å². The van der Waals surface area contributed by atoms with Crippen LogP contribution >= 0.6 is 34.5 Å². The molecule has 0 bridgehead atoms. The van der Waals surface area contributed by atoms with Gasteiger partial charge in [0.2, 0.25) is 5.91 Å². The number of esters is 1. The number of nitrogens with zero attached hydrogens (tertiary/aromatic N) is 1. The Bertz CT molecular complexity index is 794. The number of likely N-dealkylation sites (N-methyl/N-ethyl adjacent to an activating group) is 1. The normalized spacial score (nSPS) is 10.2. The molecule has 0 atom stereocenters. The minimum atomic E-state index is -0.640. The van der Waals surface area contributed by atoms with E-state index in [4.69, 9.17) is 27.9 Å². The van der Waals surface area contributed by atoms with Gasteiger partial charge in [-0.15, -0.1) is 11.3 Å². The molecule has 25 heavy (non-hydrogen) atoms. The number of halogens is 2. The molecular weight excluding hydrogens is 387 g/mol. The highest BCUT2D eigenvalue weighted by atomic mass is 35.5. The fourth-order valence-corrected chi connectivity index (χ4v) is 2.91. The Kier molecular flexibility index (Phi) is 6.81. The average molecular weight is 401 g/mol. The van der Waals surface area contributed by atoms with Crippen molar-refractivity contribution >= 4 is 58.0 Å². The molecule has 0 aliphatic rings. The van der Waals surface area contributed by atoms with E-state index in [0.717, 1.165) is 16.2 Å². The van der Waals surface area contributed by atoms with E-state index < -0.39 is 24.4 Å². The number of ether oxygens (including phenoxy) is 1. The summed E-state index contributed by atoms with van der Waals surface area (Å²) in [7, 11) is 1.43. The second kappa shape index (κ2) is 8.84. The molecule has 9 heteroatoms. The van der Waals surface area contributed by atoms with Gasteiger partial charge >= 0.3 is 5.97 Å². The van der Waals surface area contributed by atoms with Crippen LogP contribution in [0.3, 0.4) is 0 Å². The van der Waals surface area contributed by atoms with Gasteiger partial charge in [0.15, 0.2) is 6.61 Å². The number of benzene rings is 1. The van der Waals surface area contributed by atoms with Gasteiger partial charge in [0.25, 0.3) is 5.91 Å². The van der Waals surface area contributed by atoms with Crippen molar-refractivity contribution in [3.63, 3.8) is 0 Å². The van der Waals surface area contributed by atoms with E-state index in [0.29, 0.717) is 19.9 Å². The summed E-state index contributed by atoms with van der Waals surface area (Å²) >= 11 is 12.7. The summed E-state index contributed by atoms with van der Waals surface area (Å²) in [4.78, 5) is 37.1. The van der Waals surface area contributed by atoms with Crippen molar-refractivity contribution in [1.82, 2.24) is 4.90 Å². The van der Waals surface area contributed by atoms with Crippen LogP contribution in [0.2, 0.25) is 9.36 Å². The van der Waals surface area contributed by atoms with Crippen molar-refractivity contribution in [2.75, 3.05) is 25.5 Å². The van der Waals surface area contributed by atoms with Gasteiger partial charge in [-0.3, -0.25) is 9.59 Å². The molecule has 0 saturated carbocycles. The lowest BCUT2D eigenvalue weighted by molar-refractivity contribution is -0.136. The third-order valence-electron chi connectivity index (χ3n) is 3.06. The molecule has 2 rings (SSSR count). The predicted octanol–water partition coefficient (Wildman–Crippen LogP) is 3.31. The number of amides is 2. The van der Waals surface area contributed by atoms with E-state index in [2.05, 4.69) is 5.32 Å². The molecule has 0 saturated heterocycles. The number of rotatable bonds is 6. The summed E-state index contributed by atoms with van der Waals surface area (Å²) in [6.07, 6.45) is 0. The first-order chi connectivity index (χ1) is 11.9. The van der Waals surface area contributed by atoms with Crippen LogP contribution in [-0.2, 0) is 14.3 Å².